The summed E-state index contributed by atoms with van der Waals surface area (Å²) in [7, 11) is 3.23. The highest BCUT2D eigenvalue weighted by atomic mass is 19.3. The lowest BCUT2D eigenvalue weighted by molar-refractivity contribution is -0.0140. The molecule has 1 atom stereocenters. The highest BCUT2D eigenvalue weighted by Crippen LogP contribution is 2.31. The zero-order valence-electron chi connectivity index (χ0n) is 9.22. The second-order valence-corrected chi connectivity index (χ2v) is 3.75. The average Bonchev–Trinajstić information content (AvgIpc) is 2.35. The van der Waals surface area contributed by atoms with Gasteiger partial charge in [-0.25, -0.2) is 13.8 Å². The van der Waals surface area contributed by atoms with Crippen molar-refractivity contribution in [3.05, 3.63) is 12.3 Å². The number of methoxy groups -OCH3 is 1. The third-order valence-electron chi connectivity index (χ3n) is 2.80. The fourth-order valence-corrected chi connectivity index (χ4v) is 1.81. The van der Waals surface area contributed by atoms with E-state index >= 15 is 0 Å². The lowest BCUT2D eigenvalue weighted by atomic mass is 10.1. The standard InChI is InChI=1S/C10H18F2N2O/c1-8(15-3)9-4-5-10(11,12)6-7-14(9)13-2/h9,13H,1,4-7H2,2-3H3. The minimum Gasteiger partial charge on any atom is -0.500 e. The summed E-state index contributed by atoms with van der Waals surface area (Å²) < 4.78 is 31.4. The third kappa shape index (κ3) is 3.14. The molecule has 0 aromatic carbocycles. The van der Waals surface area contributed by atoms with Gasteiger partial charge in [-0.1, -0.05) is 6.58 Å². The van der Waals surface area contributed by atoms with Crippen molar-refractivity contribution in [1.82, 2.24) is 10.4 Å². The Morgan fingerprint density at radius 2 is 2.20 bits per heavy atom. The van der Waals surface area contributed by atoms with E-state index in [4.69, 9.17) is 4.74 Å². The Hall–Kier alpha value is -0.680. The molecule has 0 spiro atoms. The lowest BCUT2D eigenvalue weighted by Gasteiger charge is -2.29. The van der Waals surface area contributed by atoms with Crippen LogP contribution in [0.2, 0.25) is 0 Å². The molecule has 0 aromatic heterocycles. The molecule has 0 aromatic rings. The van der Waals surface area contributed by atoms with Gasteiger partial charge in [-0.2, -0.15) is 0 Å². The number of nitrogens with one attached hydrogen (secondary N) is 1. The van der Waals surface area contributed by atoms with E-state index in [2.05, 4.69) is 12.0 Å². The summed E-state index contributed by atoms with van der Waals surface area (Å²) in [4.78, 5) is 0. The van der Waals surface area contributed by atoms with Gasteiger partial charge in [0.2, 0.25) is 5.92 Å². The van der Waals surface area contributed by atoms with Crippen molar-refractivity contribution >= 4 is 0 Å². The van der Waals surface area contributed by atoms with Crippen LogP contribution in [0.1, 0.15) is 19.3 Å². The van der Waals surface area contributed by atoms with Gasteiger partial charge in [0, 0.05) is 19.4 Å². The predicted octanol–water partition coefficient (Wildman–Crippen LogP) is 1.77. The Morgan fingerprint density at radius 1 is 1.53 bits per heavy atom. The summed E-state index contributed by atoms with van der Waals surface area (Å²) in [5.74, 6) is -2.04. The van der Waals surface area contributed by atoms with Crippen molar-refractivity contribution < 1.29 is 13.5 Å². The summed E-state index contributed by atoms with van der Waals surface area (Å²) >= 11 is 0. The molecule has 0 amide bonds. The first-order valence-electron chi connectivity index (χ1n) is 5.05. The van der Waals surface area contributed by atoms with Crippen molar-refractivity contribution in [3.8, 4) is 0 Å². The van der Waals surface area contributed by atoms with E-state index in [1.165, 1.54) is 7.11 Å². The molecule has 1 aliphatic heterocycles. The molecule has 0 radical (unpaired) electrons. The Labute approximate surface area is 89.1 Å². The highest BCUT2D eigenvalue weighted by molar-refractivity contribution is 4.99. The van der Waals surface area contributed by atoms with Gasteiger partial charge in [-0.3, -0.25) is 5.43 Å². The van der Waals surface area contributed by atoms with Crippen molar-refractivity contribution in [1.29, 1.82) is 0 Å². The van der Waals surface area contributed by atoms with Gasteiger partial charge in [0.15, 0.2) is 0 Å². The van der Waals surface area contributed by atoms with Crippen LogP contribution in [-0.4, -0.2) is 37.7 Å². The molecule has 1 N–H and O–H groups in total. The summed E-state index contributed by atoms with van der Waals surface area (Å²) in [5.41, 5.74) is 2.91. The quantitative estimate of drug-likeness (QED) is 0.734. The van der Waals surface area contributed by atoms with Crippen LogP contribution in [0.3, 0.4) is 0 Å². The van der Waals surface area contributed by atoms with Gasteiger partial charge in [-0.15, -0.1) is 0 Å². The Kier molecular flexibility index (Phi) is 4.04. The minimum absolute atomic E-state index is 0.113. The molecule has 1 unspecified atom stereocenters. The molecule has 0 aliphatic carbocycles. The molecular formula is C10H18F2N2O. The Morgan fingerprint density at radius 3 is 2.73 bits per heavy atom. The first-order chi connectivity index (χ1) is 7.00. The summed E-state index contributed by atoms with van der Waals surface area (Å²) in [6.45, 7) is 4.04. The molecule has 1 heterocycles. The molecule has 1 saturated heterocycles. The van der Waals surface area contributed by atoms with Crippen LogP contribution in [0.15, 0.2) is 12.3 Å². The number of hydrogen-bond donors (Lipinski definition) is 1. The average molecular weight is 220 g/mol. The van der Waals surface area contributed by atoms with Gasteiger partial charge in [-0.05, 0) is 13.5 Å². The lowest BCUT2D eigenvalue weighted by Crippen LogP contribution is -2.44. The first-order valence-corrected chi connectivity index (χ1v) is 5.05. The maximum absolute atomic E-state index is 13.2. The fourth-order valence-electron chi connectivity index (χ4n) is 1.81. The van der Waals surface area contributed by atoms with Crippen LogP contribution in [0.5, 0.6) is 0 Å². The smallest absolute Gasteiger partial charge is 0.249 e. The molecule has 0 bridgehead atoms. The van der Waals surface area contributed by atoms with Gasteiger partial charge in [0.25, 0.3) is 0 Å². The topological polar surface area (TPSA) is 24.5 Å². The normalized spacial score (nSPS) is 27.1. The number of halogens is 2. The van der Waals surface area contributed by atoms with E-state index in [1.54, 1.807) is 12.1 Å². The predicted molar refractivity (Wildman–Crippen MR) is 54.5 cm³/mol. The second kappa shape index (κ2) is 4.90. The van der Waals surface area contributed by atoms with Crippen LogP contribution < -0.4 is 5.43 Å². The van der Waals surface area contributed by atoms with Gasteiger partial charge in [0.05, 0.1) is 13.2 Å². The molecule has 5 heteroatoms. The monoisotopic (exact) mass is 220 g/mol. The molecule has 1 fully saturated rings. The van der Waals surface area contributed by atoms with Crippen LogP contribution in [0, 0.1) is 0 Å². The van der Waals surface area contributed by atoms with Crippen LogP contribution in [0.4, 0.5) is 8.78 Å². The van der Waals surface area contributed by atoms with E-state index in [1.807, 2.05) is 0 Å². The molecule has 1 aliphatic rings. The van der Waals surface area contributed by atoms with E-state index in [-0.39, 0.29) is 18.9 Å². The summed E-state index contributed by atoms with van der Waals surface area (Å²) in [5, 5.41) is 1.76. The third-order valence-corrected chi connectivity index (χ3v) is 2.80. The second-order valence-electron chi connectivity index (χ2n) is 3.75. The maximum atomic E-state index is 13.2. The SMILES string of the molecule is C=C(OC)C1CCC(F)(F)CCN1NC. The van der Waals surface area contributed by atoms with Crippen molar-refractivity contribution in [2.45, 2.75) is 31.2 Å². The van der Waals surface area contributed by atoms with Crippen LogP contribution in [-0.2, 0) is 4.74 Å². The van der Waals surface area contributed by atoms with Crippen LogP contribution >= 0.6 is 0 Å². The van der Waals surface area contributed by atoms with Gasteiger partial charge >= 0.3 is 0 Å². The number of hydrogen-bond acceptors (Lipinski definition) is 3. The molecule has 1 rings (SSSR count). The minimum atomic E-state index is -2.57. The van der Waals surface area contributed by atoms with Gasteiger partial charge in [0.1, 0.15) is 5.76 Å². The number of nitrogens with zero attached hydrogens (tertiary/aromatic N) is 1. The summed E-state index contributed by atoms with van der Waals surface area (Å²) in [6, 6.07) is -0.173. The molecule has 3 nitrogen and oxygen atoms in total. The zero-order chi connectivity index (χ0) is 11.5. The largest absolute Gasteiger partial charge is 0.500 e. The van der Waals surface area contributed by atoms with E-state index < -0.39 is 5.92 Å². The fraction of sp³-hybridized carbons (Fsp3) is 0.800. The molecule has 15 heavy (non-hydrogen) atoms. The Bertz CT molecular complexity index is 233. The Balaban J connectivity index is 2.71. The first kappa shape index (κ1) is 12.4. The molecule has 0 saturated carbocycles. The summed E-state index contributed by atoms with van der Waals surface area (Å²) in [6.07, 6.45) is 0.125. The van der Waals surface area contributed by atoms with E-state index in [9.17, 15) is 8.78 Å². The van der Waals surface area contributed by atoms with E-state index in [0.29, 0.717) is 18.7 Å². The van der Waals surface area contributed by atoms with Crippen molar-refractivity contribution in [3.63, 3.8) is 0 Å². The number of rotatable bonds is 3. The molecule has 88 valence electrons. The van der Waals surface area contributed by atoms with Crippen molar-refractivity contribution in [2.75, 3.05) is 20.7 Å². The maximum Gasteiger partial charge on any atom is 0.249 e. The zero-order valence-corrected chi connectivity index (χ0v) is 9.22. The van der Waals surface area contributed by atoms with Gasteiger partial charge < -0.3 is 4.74 Å². The number of hydrazine groups is 1. The molecular weight excluding hydrogens is 202 g/mol. The van der Waals surface area contributed by atoms with E-state index in [0.717, 1.165) is 0 Å². The number of alkyl halides is 2. The number of ether oxygens (including phenoxy) is 1. The van der Waals surface area contributed by atoms with Crippen LogP contribution in [0.25, 0.3) is 0 Å². The highest BCUT2D eigenvalue weighted by Gasteiger charge is 2.36. The van der Waals surface area contributed by atoms with Crippen molar-refractivity contribution in [2.24, 2.45) is 0 Å².